The van der Waals surface area contributed by atoms with Gasteiger partial charge in [-0.25, -0.2) is 14.5 Å². The molecular weight excluding hydrogens is 484 g/mol. The van der Waals surface area contributed by atoms with E-state index < -0.39 is 6.04 Å². The Bertz CT molecular complexity index is 1790. The topological polar surface area (TPSA) is 87.6 Å². The van der Waals surface area contributed by atoms with Crippen LogP contribution < -0.4 is 10.6 Å². The summed E-state index contributed by atoms with van der Waals surface area (Å²) >= 11 is 0. The largest absolute Gasteiger partial charge is 0.338 e. The van der Waals surface area contributed by atoms with E-state index in [9.17, 15) is 4.79 Å². The van der Waals surface area contributed by atoms with Crippen molar-refractivity contribution < 1.29 is 4.79 Å². The second-order valence-electron chi connectivity index (χ2n) is 9.37. The van der Waals surface area contributed by atoms with E-state index in [1.165, 1.54) is 0 Å². The number of aromatic nitrogens is 4. The molecule has 39 heavy (non-hydrogen) atoms. The van der Waals surface area contributed by atoms with E-state index in [0.717, 1.165) is 44.7 Å². The van der Waals surface area contributed by atoms with Crippen LogP contribution in [0.2, 0.25) is 0 Å². The maximum Gasteiger partial charge on any atom is 0.320 e. The molecule has 7 heteroatoms. The van der Waals surface area contributed by atoms with Crippen molar-refractivity contribution >= 4 is 28.3 Å². The molecule has 6 aromatic rings. The fourth-order valence-electron chi connectivity index (χ4n) is 5.10. The molecule has 0 radical (unpaired) electrons. The van der Waals surface area contributed by atoms with Crippen molar-refractivity contribution in [1.82, 2.24) is 30.4 Å². The van der Waals surface area contributed by atoms with E-state index in [1.54, 1.807) is 0 Å². The van der Waals surface area contributed by atoms with Crippen molar-refractivity contribution in [2.75, 3.05) is 0 Å². The van der Waals surface area contributed by atoms with E-state index in [1.807, 2.05) is 126 Å². The number of H-pyrrole nitrogens is 1. The first kappa shape index (κ1) is 22.7. The molecule has 3 heterocycles. The Morgan fingerprint density at radius 3 is 2.08 bits per heavy atom. The summed E-state index contributed by atoms with van der Waals surface area (Å²) in [6, 6.07) is 37.0. The van der Waals surface area contributed by atoms with Crippen LogP contribution in [0.3, 0.4) is 0 Å². The Balaban J connectivity index is 1.50. The summed E-state index contributed by atoms with van der Waals surface area (Å²) in [5, 5.41) is 11.3. The first-order valence-corrected chi connectivity index (χ1v) is 12.8. The van der Waals surface area contributed by atoms with E-state index >= 15 is 0 Å². The second kappa shape index (κ2) is 9.46. The molecule has 0 saturated carbocycles. The van der Waals surface area contributed by atoms with Gasteiger partial charge in [-0.3, -0.25) is 0 Å². The molecule has 2 aromatic heterocycles. The Kier molecular flexibility index (Phi) is 5.52. The standard InChI is InChI=1S/C32H24N6O/c39-32-35-29(22-14-6-2-7-15-22)27(31-33-25-18-10-11-19-26(25)34-31)30(36-32)24-20-38(23-16-8-3-9-17-23)37-28(24)21-12-4-1-5-13-21/h1-20,30H,(H,33,34)(H2,35,36,39). The van der Waals surface area contributed by atoms with E-state index in [4.69, 9.17) is 10.1 Å². The summed E-state index contributed by atoms with van der Waals surface area (Å²) in [6.07, 6.45) is 2.00. The number of carbonyl (C=O) groups is 1. The van der Waals surface area contributed by atoms with Gasteiger partial charge in [0.05, 0.1) is 34.2 Å². The van der Waals surface area contributed by atoms with Crippen LogP contribution in [0.1, 0.15) is 23.0 Å². The van der Waals surface area contributed by atoms with E-state index in [-0.39, 0.29) is 6.03 Å². The van der Waals surface area contributed by atoms with Gasteiger partial charge >= 0.3 is 6.03 Å². The predicted molar refractivity (Wildman–Crippen MR) is 153 cm³/mol. The zero-order valence-electron chi connectivity index (χ0n) is 20.9. The number of nitrogens with zero attached hydrogens (tertiary/aromatic N) is 3. The first-order chi connectivity index (χ1) is 19.2. The van der Waals surface area contributed by atoms with Gasteiger partial charge in [-0.05, 0) is 29.8 Å². The normalized spacial score (nSPS) is 15.3. The van der Waals surface area contributed by atoms with Crippen LogP contribution in [-0.2, 0) is 0 Å². The molecule has 1 aliphatic rings. The number of nitrogens with one attached hydrogen (secondary N) is 3. The molecule has 1 unspecified atom stereocenters. The van der Waals surface area contributed by atoms with Crippen molar-refractivity contribution in [1.29, 1.82) is 0 Å². The summed E-state index contributed by atoms with van der Waals surface area (Å²) in [5.41, 5.74) is 7.74. The average molecular weight is 509 g/mol. The number of carbonyl (C=O) groups excluding carboxylic acids is 1. The van der Waals surface area contributed by atoms with Crippen LogP contribution in [0.15, 0.2) is 121 Å². The minimum atomic E-state index is -0.526. The van der Waals surface area contributed by atoms with Crippen LogP contribution in [0.25, 0.3) is 39.2 Å². The highest BCUT2D eigenvalue weighted by atomic mass is 16.2. The number of fused-ring (bicyclic) bond motifs is 1. The number of imidazole rings is 1. The van der Waals surface area contributed by atoms with Gasteiger partial charge < -0.3 is 15.6 Å². The van der Waals surface area contributed by atoms with Crippen LogP contribution in [0.4, 0.5) is 4.79 Å². The summed E-state index contributed by atoms with van der Waals surface area (Å²) in [6.45, 7) is 0. The number of hydrogen-bond donors (Lipinski definition) is 3. The zero-order valence-corrected chi connectivity index (χ0v) is 20.9. The zero-order chi connectivity index (χ0) is 26.2. The number of amides is 2. The highest BCUT2D eigenvalue weighted by molar-refractivity contribution is 6.03. The van der Waals surface area contributed by atoms with Gasteiger partial charge in [0.15, 0.2) is 0 Å². The van der Waals surface area contributed by atoms with Crippen molar-refractivity contribution in [3.05, 3.63) is 138 Å². The minimum Gasteiger partial charge on any atom is -0.338 e. The molecule has 0 spiro atoms. The van der Waals surface area contributed by atoms with Gasteiger partial charge in [-0.1, -0.05) is 91.0 Å². The summed E-state index contributed by atoms with van der Waals surface area (Å²) in [4.78, 5) is 21.6. The van der Waals surface area contributed by atoms with Crippen LogP contribution in [-0.4, -0.2) is 25.8 Å². The number of rotatable bonds is 5. The van der Waals surface area contributed by atoms with Crippen LogP contribution in [0.5, 0.6) is 0 Å². The van der Waals surface area contributed by atoms with Gasteiger partial charge in [0, 0.05) is 22.9 Å². The van der Waals surface area contributed by atoms with Gasteiger partial charge in [0.1, 0.15) is 5.82 Å². The molecule has 1 aliphatic heterocycles. The van der Waals surface area contributed by atoms with E-state index in [2.05, 4.69) is 15.6 Å². The van der Waals surface area contributed by atoms with Gasteiger partial charge in [0.2, 0.25) is 0 Å². The molecule has 3 N–H and O–H groups in total. The number of aromatic amines is 1. The Hall–Kier alpha value is -5.43. The van der Waals surface area contributed by atoms with Crippen molar-refractivity contribution in [3.8, 4) is 16.9 Å². The lowest BCUT2D eigenvalue weighted by Crippen LogP contribution is -2.43. The van der Waals surface area contributed by atoms with Crippen LogP contribution >= 0.6 is 0 Å². The van der Waals surface area contributed by atoms with Crippen molar-refractivity contribution in [2.45, 2.75) is 6.04 Å². The summed E-state index contributed by atoms with van der Waals surface area (Å²) in [7, 11) is 0. The monoisotopic (exact) mass is 508 g/mol. The number of para-hydroxylation sites is 3. The Morgan fingerprint density at radius 1 is 0.718 bits per heavy atom. The Morgan fingerprint density at radius 2 is 1.36 bits per heavy atom. The first-order valence-electron chi connectivity index (χ1n) is 12.8. The molecule has 0 bridgehead atoms. The van der Waals surface area contributed by atoms with Crippen molar-refractivity contribution in [2.24, 2.45) is 0 Å². The van der Waals surface area contributed by atoms with Crippen LogP contribution in [0, 0.1) is 0 Å². The number of hydrogen-bond acceptors (Lipinski definition) is 3. The minimum absolute atomic E-state index is 0.287. The summed E-state index contributed by atoms with van der Waals surface area (Å²) in [5.74, 6) is 0.680. The SMILES string of the molecule is O=C1NC(c2ccccc2)=C(c2nc3ccccc3[nH]2)C(c2cn(-c3ccccc3)nc2-c2ccccc2)N1. The molecule has 0 saturated heterocycles. The molecule has 4 aromatic carbocycles. The van der Waals surface area contributed by atoms with Gasteiger partial charge in [0.25, 0.3) is 0 Å². The molecule has 7 rings (SSSR count). The molecule has 7 nitrogen and oxygen atoms in total. The lowest BCUT2D eigenvalue weighted by molar-refractivity contribution is 0.242. The molecule has 0 aliphatic carbocycles. The number of urea groups is 1. The maximum atomic E-state index is 13.2. The fraction of sp³-hybridized carbons (Fsp3) is 0.0312. The quantitative estimate of drug-likeness (QED) is 0.254. The number of benzene rings is 4. The molecule has 0 fully saturated rings. The van der Waals surface area contributed by atoms with Crippen molar-refractivity contribution in [3.63, 3.8) is 0 Å². The third-order valence-corrected chi connectivity index (χ3v) is 6.90. The van der Waals surface area contributed by atoms with Gasteiger partial charge in [-0.2, -0.15) is 5.10 Å². The lowest BCUT2D eigenvalue weighted by atomic mass is 9.91. The van der Waals surface area contributed by atoms with Gasteiger partial charge in [-0.15, -0.1) is 0 Å². The molecular formula is C32H24N6O. The molecule has 188 valence electrons. The highest BCUT2D eigenvalue weighted by Crippen LogP contribution is 2.41. The second-order valence-corrected chi connectivity index (χ2v) is 9.37. The third kappa shape index (κ3) is 4.16. The maximum absolute atomic E-state index is 13.2. The lowest BCUT2D eigenvalue weighted by Gasteiger charge is -2.29. The smallest absolute Gasteiger partial charge is 0.320 e. The fourth-order valence-corrected chi connectivity index (χ4v) is 5.10. The predicted octanol–water partition coefficient (Wildman–Crippen LogP) is 6.34. The average Bonchev–Trinajstić information content (AvgIpc) is 3.63. The van der Waals surface area contributed by atoms with E-state index in [0.29, 0.717) is 11.5 Å². The molecule has 2 amide bonds. The summed E-state index contributed by atoms with van der Waals surface area (Å²) < 4.78 is 1.87. The Labute approximate surface area is 224 Å². The third-order valence-electron chi connectivity index (χ3n) is 6.90. The molecule has 1 atom stereocenters. The highest BCUT2D eigenvalue weighted by Gasteiger charge is 2.35.